The van der Waals surface area contributed by atoms with E-state index in [9.17, 15) is 14.4 Å². The monoisotopic (exact) mass is 455 g/mol. The fourth-order valence-electron chi connectivity index (χ4n) is 3.57. The maximum absolute atomic E-state index is 12.9. The highest BCUT2D eigenvalue weighted by molar-refractivity contribution is 6.35. The van der Waals surface area contributed by atoms with Gasteiger partial charge in [0.1, 0.15) is 12.0 Å². The van der Waals surface area contributed by atoms with E-state index in [0.717, 1.165) is 11.3 Å². The minimum atomic E-state index is -0.782. The van der Waals surface area contributed by atoms with Gasteiger partial charge in [-0.25, -0.2) is 0 Å². The van der Waals surface area contributed by atoms with Crippen molar-refractivity contribution in [3.8, 4) is 17.2 Å². The van der Waals surface area contributed by atoms with Gasteiger partial charge < -0.3 is 34.5 Å². The van der Waals surface area contributed by atoms with E-state index >= 15 is 0 Å². The highest BCUT2D eigenvalue weighted by Gasteiger charge is 2.32. The summed E-state index contributed by atoms with van der Waals surface area (Å²) in [6, 6.07) is 12.4. The molecule has 2 aromatic rings. The maximum Gasteiger partial charge on any atom is 0.309 e. The summed E-state index contributed by atoms with van der Waals surface area (Å²) < 4.78 is 21.3. The molecule has 1 fully saturated rings. The number of hydrogen-bond donors (Lipinski definition) is 2. The van der Waals surface area contributed by atoms with Gasteiger partial charge in [-0.2, -0.15) is 0 Å². The van der Waals surface area contributed by atoms with Crippen molar-refractivity contribution in [2.45, 2.75) is 12.6 Å². The van der Waals surface area contributed by atoms with E-state index in [1.165, 1.54) is 4.90 Å². The lowest BCUT2D eigenvalue weighted by atomic mass is 10.1. The third kappa shape index (κ3) is 5.35. The second-order valence-electron chi connectivity index (χ2n) is 7.46. The lowest BCUT2D eigenvalue weighted by Gasteiger charge is -2.23. The first-order valence-corrected chi connectivity index (χ1v) is 10.6. The Morgan fingerprint density at radius 1 is 1.03 bits per heavy atom. The molecule has 0 spiro atoms. The molecule has 2 heterocycles. The minimum Gasteiger partial charge on any atom is -0.497 e. The van der Waals surface area contributed by atoms with Crippen LogP contribution in [0.4, 0.5) is 0 Å². The number of nitrogens with zero attached hydrogens (tertiary/aromatic N) is 1. The summed E-state index contributed by atoms with van der Waals surface area (Å²) in [6.07, 6.45) is -0.0917. The molecule has 1 unspecified atom stereocenters. The third-order valence-electron chi connectivity index (χ3n) is 5.37. The van der Waals surface area contributed by atoms with E-state index in [0.29, 0.717) is 43.2 Å². The molecule has 2 aliphatic heterocycles. The summed E-state index contributed by atoms with van der Waals surface area (Å²) in [7, 11) is 1.59. The number of methoxy groups -OCH3 is 1. The number of carbonyl (C=O) groups is 3. The standard InChI is InChI=1S/C23H25N3O7/c1-30-17-5-2-15(3-6-17)8-9-24-21(27)22(28)25-13-20-26(10-11-31-20)23(29)16-4-7-18-19(12-16)33-14-32-18/h2-7,12,20H,8-11,13-14H2,1H3,(H,24,27)(H,25,28). The van der Waals surface area contributed by atoms with E-state index in [-0.39, 0.29) is 19.2 Å². The van der Waals surface area contributed by atoms with Crippen LogP contribution in [0.25, 0.3) is 0 Å². The van der Waals surface area contributed by atoms with Crippen molar-refractivity contribution in [3.05, 3.63) is 53.6 Å². The Bertz CT molecular complexity index is 1030. The summed E-state index contributed by atoms with van der Waals surface area (Å²) >= 11 is 0. The van der Waals surface area contributed by atoms with Crippen LogP contribution in [0.2, 0.25) is 0 Å². The zero-order valence-electron chi connectivity index (χ0n) is 18.2. The molecule has 4 rings (SSSR count). The molecule has 1 atom stereocenters. The van der Waals surface area contributed by atoms with Gasteiger partial charge in [0.15, 0.2) is 11.5 Å². The predicted molar refractivity (Wildman–Crippen MR) is 116 cm³/mol. The molecule has 0 saturated carbocycles. The molecule has 10 heteroatoms. The van der Waals surface area contributed by atoms with Gasteiger partial charge in [-0.3, -0.25) is 14.4 Å². The lowest BCUT2D eigenvalue weighted by Crippen LogP contribution is -2.47. The van der Waals surface area contributed by atoms with Crippen LogP contribution in [-0.2, 0) is 20.7 Å². The maximum atomic E-state index is 12.9. The summed E-state index contributed by atoms with van der Waals surface area (Å²) in [6.45, 7) is 1.15. The van der Waals surface area contributed by atoms with Crippen LogP contribution >= 0.6 is 0 Å². The first-order valence-electron chi connectivity index (χ1n) is 10.6. The van der Waals surface area contributed by atoms with Gasteiger partial charge in [0.2, 0.25) is 6.79 Å². The molecule has 33 heavy (non-hydrogen) atoms. The van der Waals surface area contributed by atoms with E-state index in [1.807, 2.05) is 24.3 Å². The highest BCUT2D eigenvalue weighted by atomic mass is 16.7. The van der Waals surface area contributed by atoms with Crippen molar-refractivity contribution < 1.29 is 33.3 Å². The van der Waals surface area contributed by atoms with Gasteiger partial charge in [0.05, 0.1) is 20.3 Å². The second kappa shape index (κ2) is 10.2. The SMILES string of the molecule is COc1ccc(CCNC(=O)C(=O)NCC2OCCN2C(=O)c2ccc3c(c2)OCO3)cc1. The molecule has 0 radical (unpaired) electrons. The van der Waals surface area contributed by atoms with Gasteiger partial charge in [-0.15, -0.1) is 0 Å². The molecule has 2 aliphatic rings. The Balaban J connectivity index is 1.23. The van der Waals surface area contributed by atoms with Crippen LogP contribution in [0, 0.1) is 0 Å². The molecule has 3 amide bonds. The lowest BCUT2D eigenvalue weighted by molar-refractivity contribution is -0.139. The molecule has 10 nitrogen and oxygen atoms in total. The first-order chi connectivity index (χ1) is 16.0. The summed E-state index contributed by atoms with van der Waals surface area (Å²) in [5.74, 6) is 0.0744. The minimum absolute atomic E-state index is 0.00102. The topological polar surface area (TPSA) is 115 Å². The number of nitrogens with one attached hydrogen (secondary N) is 2. The van der Waals surface area contributed by atoms with Crippen LogP contribution < -0.4 is 24.8 Å². The van der Waals surface area contributed by atoms with E-state index in [4.69, 9.17) is 18.9 Å². The van der Waals surface area contributed by atoms with Crippen LogP contribution in [0.15, 0.2) is 42.5 Å². The third-order valence-corrected chi connectivity index (χ3v) is 5.37. The summed E-state index contributed by atoms with van der Waals surface area (Å²) in [5.41, 5.74) is 1.44. The van der Waals surface area contributed by atoms with Crippen molar-refractivity contribution >= 4 is 17.7 Å². The molecule has 2 aromatic carbocycles. The van der Waals surface area contributed by atoms with Crippen LogP contribution in [-0.4, -0.2) is 69.0 Å². The smallest absolute Gasteiger partial charge is 0.309 e. The fourth-order valence-corrected chi connectivity index (χ4v) is 3.57. The van der Waals surface area contributed by atoms with Gasteiger partial charge in [-0.1, -0.05) is 12.1 Å². The average molecular weight is 455 g/mol. The number of amides is 3. The first kappa shape index (κ1) is 22.4. The quantitative estimate of drug-likeness (QED) is 0.591. The van der Waals surface area contributed by atoms with Crippen LogP contribution in [0.3, 0.4) is 0 Å². The number of carbonyl (C=O) groups excluding carboxylic acids is 3. The average Bonchev–Trinajstić information content (AvgIpc) is 3.51. The van der Waals surface area contributed by atoms with Gasteiger partial charge in [0.25, 0.3) is 5.91 Å². The van der Waals surface area contributed by atoms with Crippen LogP contribution in [0.5, 0.6) is 17.2 Å². The van der Waals surface area contributed by atoms with E-state index in [1.54, 1.807) is 25.3 Å². The van der Waals surface area contributed by atoms with Crippen molar-refractivity contribution in [1.29, 1.82) is 0 Å². The highest BCUT2D eigenvalue weighted by Crippen LogP contribution is 2.33. The van der Waals surface area contributed by atoms with E-state index in [2.05, 4.69) is 10.6 Å². The zero-order valence-corrected chi connectivity index (χ0v) is 18.2. The summed E-state index contributed by atoms with van der Waals surface area (Å²) in [5, 5.41) is 5.12. The molecule has 0 aliphatic carbocycles. The zero-order chi connectivity index (χ0) is 23.2. The van der Waals surface area contributed by atoms with Crippen molar-refractivity contribution in [3.63, 3.8) is 0 Å². The Morgan fingerprint density at radius 3 is 2.58 bits per heavy atom. The van der Waals surface area contributed by atoms with Gasteiger partial charge in [-0.05, 0) is 42.3 Å². The molecule has 174 valence electrons. The van der Waals surface area contributed by atoms with Crippen molar-refractivity contribution in [2.75, 3.05) is 40.1 Å². The Kier molecular flexibility index (Phi) is 6.94. The molecule has 2 N–H and O–H groups in total. The molecule has 0 bridgehead atoms. The van der Waals surface area contributed by atoms with Crippen molar-refractivity contribution in [2.24, 2.45) is 0 Å². The van der Waals surface area contributed by atoms with Crippen molar-refractivity contribution in [1.82, 2.24) is 15.5 Å². The summed E-state index contributed by atoms with van der Waals surface area (Å²) in [4.78, 5) is 38.7. The Labute approximate surface area is 190 Å². The Morgan fingerprint density at radius 2 is 1.79 bits per heavy atom. The molecule has 0 aromatic heterocycles. The number of rotatable bonds is 7. The molecular formula is C23H25N3O7. The largest absolute Gasteiger partial charge is 0.497 e. The predicted octanol–water partition coefficient (Wildman–Crippen LogP) is 0.698. The molecule has 1 saturated heterocycles. The Hall–Kier alpha value is -3.79. The number of ether oxygens (including phenoxy) is 4. The van der Waals surface area contributed by atoms with Crippen LogP contribution in [0.1, 0.15) is 15.9 Å². The number of hydrogen-bond acceptors (Lipinski definition) is 7. The fraction of sp³-hybridized carbons (Fsp3) is 0.348. The van der Waals surface area contributed by atoms with Gasteiger partial charge >= 0.3 is 11.8 Å². The normalized spacial score (nSPS) is 16.4. The number of benzene rings is 2. The second-order valence-corrected chi connectivity index (χ2v) is 7.46. The number of fused-ring (bicyclic) bond motifs is 1. The molecular weight excluding hydrogens is 430 g/mol. The van der Waals surface area contributed by atoms with E-state index < -0.39 is 18.0 Å². The van der Waals surface area contributed by atoms with Gasteiger partial charge in [0, 0.05) is 18.7 Å².